The van der Waals surface area contributed by atoms with Gasteiger partial charge in [0.15, 0.2) is 0 Å². The molecule has 0 aromatic heterocycles. The Kier molecular flexibility index (Phi) is 6.40. The van der Waals surface area contributed by atoms with Gasteiger partial charge in [-0.2, -0.15) is 21.6 Å². The summed E-state index contributed by atoms with van der Waals surface area (Å²) in [6.07, 6.45) is -1.41. The maximum atomic E-state index is 12.1. The van der Waals surface area contributed by atoms with Crippen molar-refractivity contribution in [1.29, 1.82) is 0 Å². The largest absolute Gasteiger partial charge is 0.492 e. The van der Waals surface area contributed by atoms with E-state index in [2.05, 4.69) is 4.18 Å². The molecule has 2 rings (SSSR count). The molecule has 5 nitrogen and oxygen atoms in total. The monoisotopic (exact) mass is 399 g/mol. The van der Waals surface area contributed by atoms with Crippen LogP contribution in [0.2, 0.25) is 0 Å². The highest BCUT2D eigenvalue weighted by Gasteiger charge is 2.44. The first-order chi connectivity index (χ1) is 12.6. The lowest BCUT2D eigenvalue weighted by Gasteiger charge is -2.08. The van der Waals surface area contributed by atoms with E-state index in [0.29, 0.717) is 12.0 Å². The second kappa shape index (κ2) is 8.36. The summed E-state index contributed by atoms with van der Waals surface area (Å²) in [6, 6.07) is 14.1. The Hall–Kier alpha value is -2.65. The van der Waals surface area contributed by atoms with Crippen LogP contribution in [0.25, 0.3) is 6.08 Å². The molecule has 2 aromatic carbocycles. The summed E-state index contributed by atoms with van der Waals surface area (Å²) in [5.74, 6) is -2.79. The van der Waals surface area contributed by atoms with Gasteiger partial charge in [-0.1, -0.05) is 54.6 Å². The zero-order valence-electron chi connectivity index (χ0n) is 13.9. The molecule has 9 heteroatoms. The Morgan fingerprint density at radius 3 is 2.22 bits per heavy atom. The number of benzene rings is 2. The number of carbonyl (C=O) groups excluding carboxylic acids is 1. The third-order valence-electron chi connectivity index (χ3n) is 3.44. The summed E-state index contributed by atoms with van der Waals surface area (Å²) in [5.41, 5.74) is 7.64. The third kappa shape index (κ3) is 6.22. The number of carbonyl (C=O) groups is 1. The molecule has 0 saturated carbocycles. The predicted molar refractivity (Wildman–Crippen MR) is 92.9 cm³/mol. The van der Waals surface area contributed by atoms with Crippen molar-refractivity contribution < 1.29 is 30.6 Å². The van der Waals surface area contributed by atoms with Crippen LogP contribution in [0, 0.1) is 0 Å². The quantitative estimate of drug-likeness (QED) is 0.755. The van der Waals surface area contributed by atoms with Crippen LogP contribution in [0.5, 0.6) is 0 Å². The Balaban J connectivity index is 2.03. The molecule has 0 bridgehead atoms. The molecule has 0 unspecified atom stereocenters. The van der Waals surface area contributed by atoms with Crippen molar-refractivity contribution in [2.24, 2.45) is 5.73 Å². The van der Waals surface area contributed by atoms with E-state index in [4.69, 9.17) is 5.73 Å². The summed E-state index contributed by atoms with van der Waals surface area (Å²) < 4.78 is 63.3. The average molecular weight is 399 g/mol. The summed E-state index contributed by atoms with van der Waals surface area (Å²) in [5, 5.41) is 0. The molecule has 1 atom stereocenters. The van der Waals surface area contributed by atoms with E-state index in [-0.39, 0.29) is 6.04 Å². The molecule has 0 fully saturated rings. The van der Waals surface area contributed by atoms with Crippen LogP contribution in [0.3, 0.4) is 0 Å². The number of nitrogens with two attached hydrogens (primary N) is 1. The van der Waals surface area contributed by atoms with E-state index in [1.807, 2.05) is 30.3 Å². The standard InChI is InChI=1S/C18H16F3NO4S/c19-18(20,21)17(23)26-27(24,25)16-10-7-13(8-11-16)6-9-15(22)12-14-4-2-1-3-5-14/h1-11,15H,12,22H2/b9-6+/t15-/m1/s1. The van der Waals surface area contributed by atoms with E-state index in [1.54, 1.807) is 12.2 Å². The topological polar surface area (TPSA) is 86.5 Å². The van der Waals surface area contributed by atoms with Crippen molar-refractivity contribution in [1.82, 2.24) is 0 Å². The third-order valence-corrected chi connectivity index (χ3v) is 4.66. The van der Waals surface area contributed by atoms with Gasteiger partial charge in [-0.05, 0) is 29.7 Å². The van der Waals surface area contributed by atoms with E-state index in [1.165, 1.54) is 12.1 Å². The van der Waals surface area contributed by atoms with E-state index >= 15 is 0 Å². The fourth-order valence-electron chi connectivity index (χ4n) is 2.13. The number of hydrogen-bond donors (Lipinski definition) is 1. The van der Waals surface area contributed by atoms with Crippen molar-refractivity contribution in [3.8, 4) is 0 Å². The van der Waals surface area contributed by atoms with E-state index in [9.17, 15) is 26.4 Å². The maximum absolute atomic E-state index is 12.1. The Morgan fingerprint density at radius 1 is 1.07 bits per heavy atom. The zero-order valence-corrected chi connectivity index (χ0v) is 14.7. The van der Waals surface area contributed by atoms with Crippen molar-refractivity contribution in [2.45, 2.75) is 23.5 Å². The van der Waals surface area contributed by atoms with Gasteiger partial charge in [0.1, 0.15) is 4.90 Å². The summed E-state index contributed by atoms with van der Waals surface area (Å²) >= 11 is 0. The van der Waals surface area contributed by atoms with Gasteiger partial charge >= 0.3 is 22.3 Å². The maximum Gasteiger partial charge on any atom is 0.492 e. The molecule has 0 aliphatic rings. The van der Waals surface area contributed by atoms with Gasteiger partial charge in [0.05, 0.1) is 0 Å². The van der Waals surface area contributed by atoms with Crippen LogP contribution in [-0.4, -0.2) is 26.6 Å². The predicted octanol–water partition coefficient (Wildman–Crippen LogP) is 3.06. The number of alkyl halides is 3. The highest BCUT2D eigenvalue weighted by molar-refractivity contribution is 7.87. The molecule has 0 amide bonds. The first-order valence-electron chi connectivity index (χ1n) is 7.71. The minimum absolute atomic E-state index is 0.274. The lowest BCUT2D eigenvalue weighted by atomic mass is 10.1. The number of halogens is 3. The van der Waals surface area contributed by atoms with Crippen molar-refractivity contribution in [3.05, 3.63) is 71.8 Å². The molecule has 0 spiro atoms. The van der Waals surface area contributed by atoms with Crippen LogP contribution in [0.1, 0.15) is 11.1 Å². The first-order valence-corrected chi connectivity index (χ1v) is 9.12. The van der Waals surface area contributed by atoms with Gasteiger partial charge in [0, 0.05) is 6.04 Å². The van der Waals surface area contributed by atoms with E-state index in [0.717, 1.165) is 17.7 Å². The Bertz CT molecular complexity index is 908. The van der Waals surface area contributed by atoms with Crippen LogP contribution in [-0.2, 0) is 25.5 Å². The normalized spacial score (nSPS) is 13.5. The van der Waals surface area contributed by atoms with E-state index < -0.39 is 27.2 Å². The minimum Gasteiger partial charge on any atom is -0.334 e. The molecule has 0 aliphatic carbocycles. The minimum atomic E-state index is -5.40. The highest BCUT2D eigenvalue weighted by atomic mass is 32.2. The van der Waals surface area contributed by atoms with Crippen LogP contribution in [0.4, 0.5) is 13.2 Å². The van der Waals surface area contributed by atoms with Gasteiger partial charge in [0.2, 0.25) is 0 Å². The molecule has 2 N–H and O–H groups in total. The molecular formula is C18H16F3NO4S. The van der Waals surface area contributed by atoms with Crippen molar-refractivity contribution in [2.75, 3.05) is 0 Å². The average Bonchev–Trinajstić information content (AvgIpc) is 2.60. The molecule has 27 heavy (non-hydrogen) atoms. The number of rotatable bonds is 6. The molecular weight excluding hydrogens is 383 g/mol. The van der Waals surface area contributed by atoms with Crippen LogP contribution >= 0.6 is 0 Å². The zero-order chi connectivity index (χ0) is 20.1. The van der Waals surface area contributed by atoms with Gasteiger partial charge in [-0.25, -0.2) is 4.79 Å². The first kappa shape index (κ1) is 20.7. The second-order valence-electron chi connectivity index (χ2n) is 5.60. The molecule has 2 aromatic rings. The number of hydrogen-bond acceptors (Lipinski definition) is 5. The van der Waals surface area contributed by atoms with Crippen LogP contribution in [0.15, 0.2) is 65.6 Å². The van der Waals surface area contributed by atoms with Crippen LogP contribution < -0.4 is 5.73 Å². The second-order valence-corrected chi connectivity index (χ2v) is 7.15. The molecule has 0 aliphatic heterocycles. The summed E-state index contributed by atoms with van der Waals surface area (Å²) in [7, 11) is -4.85. The van der Waals surface area contributed by atoms with Crippen molar-refractivity contribution >= 4 is 22.2 Å². The fraction of sp³-hybridized carbons (Fsp3) is 0.167. The Morgan fingerprint density at radius 2 is 1.67 bits per heavy atom. The van der Waals surface area contributed by atoms with Gasteiger partial charge in [-0.3, -0.25) is 0 Å². The molecule has 0 heterocycles. The lowest BCUT2D eigenvalue weighted by molar-refractivity contribution is -0.189. The van der Waals surface area contributed by atoms with Crippen molar-refractivity contribution in [3.63, 3.8) is 0 Å². The smallest absolute Gasteiger partial charge is 0.334 e. The molecule has 144 valence electrons. The summed E-state index contributed by atoms with van der Waals surface area (Å²) in [4.78, 5) is 10.1. The van der Waals surface area contributed by atoms with Gasteiger partial charge in [0.25, 0.3) is 0 Å². The Labute approximate surface area is 154 Å². The molecule has 0 saturated heterocycles. The fourth-order valence-corrected chi connectivity index (χ4v) is 2.99. The van der Waals surface area contributed by atoms with Gasteiger partial charge in [-0.15, -0.1) is 0 Å². The SMILES string of the molecule is N[C@H](/C=C/c1ccc(S(=O)(=O)OC(=O)C(F)(F)F)cc1)Cc1ccccc1. The molecule has 0 radical (unpaired) electrons. The summed E-state index contributed by atoms with van der Waals surface area (Å²) in [6.45, 7) is 0. The lowest BCUT2D eigenvalue weighted by Crippen LogP contribution is -2.28. The van der Waals surface area contributed by atoms with Gasteiger partial charge < -0.3 is 9.92 Å². The highest BCUT2D eigenvalue weighted by Crippen LogP contribution is 2.21.